The quantitative estimate of drug-likeness (QED) is 0.886. The van der Waals surface area contributed by atoms with Gasteiger partial charge in [-0.05, 0) is 36.0 Å². The third-order valence-corrected chi connectivity index (χ3v) is 3.58. The minimum absolute atomic E-state index is 0.101. The number of nitrogens with two attached hydrogens (primary N) is 1. The molecule has 84 valence electrons. The molecule has 0 aliphatic carbocycles. The standard InChI is InChI=1S/C12H15N3S/c1-3-10-12(16-15-14-10)11(13)9-7-5-4-6-8(9)2/h4-7,11H,3,13H2,1-2H3. The van der Waals surface area contributed by atoms with Crippen LogP contribution in [-0.2, 0) is 6.42 Å². The minimum Gasteiger partial charge on any atom is -0.319 e. The first-order valence-corrected chi connectivity index (χ1v) is 6.13. The van der Waals surface area contributed by atoms with Gasteiger partial charge in [0.05, 0.1) is 16.6 Å². The van der Waals surface area contributed by atoms with E-state index in [1.54, 1.807) is 0 Å². The molecule has 0 spiro atoms. The van der Waals surface area contributed by atoms with Crippen LogP contribution >= 0.6 is 11.5 Å². The zero-order valence-electron chi connectivity index (χ0n) is 9.47. The molecule has 1 aromatic heterocycles. The second kappa shape index (κ2) is 4.72. The van der Waals surface area contributed by atoms with Crippen LogP contribution < -0.4 is 5.73 Å². The molecule has 0 amide bonds. The maximum Gasteiger partial charge on any atom is 0.0804 e. The van der Waals surface area contributed by atoms with E-state index >= 15 is 0 Å². The van der Waals surface area contributed by atoms with E-state index in [-0.39, 0.29) is 6.04 Å². The molecule has 0 fully saturated rings. The van der Waals surface area contributed by atoms with Gasteiger partial charge in [-0.1, -0.05) is 35.7 Å². The van der Waals surface area contributed by atoms with Gasteiger partial charge in [0.25, 0.3) is 0 Å². The van der Waals surface area contributed by atoms with E-state index in [0.29, 0.717) is 0 Å². The van der Waals surface area contributed by atoms with Gasteiger partial charge in [-0.25, -0.2) is 0 Å². The average molecular weight is 233 g/mol. The molecule has 0 radical (unpaired) electrons. The molecular formula is C12H15N3S. The second-order valence-electron chi connectivity index (χ2n) is 3.77. The van der Waals surface area contributed by atoms with Crippen molar-refractivity contribution in [1.82, 2.24) is 9.59 Å². The first-order valence-electron chi connectivity index (χ1n) is 5.36. The molecule has 2 N–H and O–H groups in total. The summed E-state index contributed by atoms with van der Waals surface area (Å²) in [5, 5.41) is 4.10. The maximum atomic E-state index is 6.27. The van der Waals surface area contributed by atoms with Crippen molar-refractivity contribution in [3.63, 3.8) is 0 Å². The lowest BCUT2D eigenvalue weighted by molar-refractivity contribution is 0.846. The van der Waals surface area contributed by atoms with Gasteiger partial charge >= 0.3 is 0 Å². The lowest BCUT2D eigenvalue weighted by atomic mass is 10.00. The molecule has 3 nitrogen and oxygen atoms in total. The highest BCUT2D eigenvalue weighted by molar-refractivity contribution is 7.05. The Bertz CT molecular complexity index is 479. The number of hydrogen-bond donors (Lipinski definition) is 1. The molecule has 2 aromatic rings. The van der Waals surface area contributed by atoms with Crippen LogP contribution in [0.4, 0.5) is 0 Å². The van der Waals surface area contributed by atoms with Crippen molar-refractivity contribution in [3.8, 4) is 0 Å². The van der Waals surface area contributed by atoms with Crippen molar-refractivity contribution in [3.05, 3.63) is 46.0 Å². The fourth-order valence-corrected chi connectivity index (χ4v) is 2.53. The number of nitrogens with zero attached hydrogens (tertiary/aromatic N) is 2. The number of aromatic nitrogens is 2. The van der Waals surface area contributed by atoms with Crippen LogP contribution in [0, 0.1) is 6.92 Å². The molecule has 1 atom stereocenters. The van der Waals surface area contributed by atoms with Crippen molar-refractivity contribution in [2.24, 2.45) is 5.73 Å². The third kappa shape index (κ3) is 1.99. The first kappa shape index (κ1) is 11.2. The zero-order chi connectivity index (χ0) is 11.5. The number of hydrogen-bond acceptors (Lipinski definition) is 4. The van der Waals surface area contributed by atoms with Gasteiger partial charge in [-0.3, -0.25) is 0 Å². The van der Waals surface area contributed by atoms with Crippen molar-refractivity contribution in [1.29, 1.82) is 0 Å². The van der Waals surface area contributed by atoms with E-state index in [4.69, 9.17) is 5.73 Å². The Hall–Kier alpha value is -1.26. The molecule has 1 heterocycles. The highest BCUT2D eigenvalue weighted by Crippen LogP contribution is 2.26. The van der Waals surface area contributed by atoms with Crippen molar-refractivity contribution in [2.45, 2.75) is 26.3 Å². The van der Waals surface area contributed by atoms with E-state index in [1.165, 1.54) is 17.1 Å². The topological polar surface area (TPSA) is 51.8 Å². The fraction of sp³-hybridized carbons (Fsp3) is 0.333. The Morgan fingerprint density at radius 1 is 1.38 bits per heavy atom. The van der Waals surface area contributed by atoms with Crippen LogP contribution in [0.3, 0.4) is 0 Å². The molecule has 2 rings (SSSR count). The van der Waals surface area contributed by atoms with Crippen LogP contribution in [0.5, 0.6) is 0 Å². The van der Waals surface area contributed by atoms with Gasteiger partial charge in [0, 0.05) is 0 Å². The molecule has 1 aromatic carbocycles. The van der Waals surface area contributed by atoms with Gasteiger partial charge in [-0.2, -0.15) is 0 Å². The second-order valence-corrected chi connectivity index (χ2v) is 4.56. The van der Waals surface area contributed by atoms with Crippen LogP contribution in [-0.4, -0.2) is 9.59 Å². The van der Waals surface area contributed by atoms with Crippen LogP contribution in [0.1, 0.15) is 34.7 Å². The Labute approximate surface area is 99.5 Å². The maximum absolute atomic E-state index is 6.27. The smallest absolute Gasteiger partial charge is 0.0804 e. The summed E-state index contributed by atoms with van der Waals surface area (Å²) in [6.45, 7) is 4.15. The SMILES string of the molecule is CCc1nnsc1C(N)c1ccccc1C. The minimum atomic E-state index is -0.101. The van der Waals surface area contributed by atoms with E-state index in [2.05, 4.69) is 35.6 Å². The molecule has 4 heteroatoms. The Morgan fingerprint density at radius 2 is 2.12 bits per heavy atom. The zero-order valence-corrected chi connectivity index (χ0v) is 10.3. The summed E-state index contributed by atoms with van der Waals surface area (Å²) in [6, 6.07) is 8.09. The molecular weight excluding hydrogens is 218 g/mol. The van der Waals surface area contributed by atoms with Crippen LogP contribution in [0.2, 0.25) is 0 Å². The molecule has 16 heavy (non-hydrogen) atoms. The van der Waals surface area contributed by atoms with Crippen molar-refractivity contribution in [2.75, 3.05) is 0 Å². The average Bonchev–Trinajstić information content (AvgIpc) is 2.77. The number of benzene rings is 1. The molecule has 0 aliphatic rings. The van der Waals surface area contributed by atoms with Crippen molar-refractivity contribution < 1.29 is 0 Å². The Morgan fingerprint density at radius 3 is 2.81 bits per heavy atom. The summed E-state index contributed by atoms with van der Waals surface area (Å²) >= 11 is 1.40. The third-order valence-electron chi connectivity index (χ3n) is 2.73. The summed E-state index contributed by atoms with van der Waals surface area (Å²) in [4.78, 5) is 1.08. The Kier molecular flexibility index (Phi) is 3.31. The number of aryl methyl sites for hydroxylation is 2. The van der Waals surface area contributed by atoms with E-state index in [0.717, 1.165) is 22.6 Å². The van der Waals surface area contributed by atoms with Gasteiger partial charge in [0.1, 0.15) is 0 Å². The van der Waals surface area contributed by atoms with E-state index in [9.17, 15) is 0 Å². The summed E-state index contributed by atoms with van der Waals surface area (Å²) in [5.41, 5.74) is 9.65. The van der Waals surface area contributed by atoms with E-state index < -0.39 is 0 Å². The van der Waals surface area contributed by atoms with Gasteiger partial charge < -0.3 is 5.73 Å². The molecule has 0 saturated carbocycles. The summed E-state index contributed by atoms with van der Waals surface area (Å²) in [5.74, 6) is 0. The van der Waals surface area contributed by atoms with Crippen LogP contribution in [0.25, 0.3) is 0 Å². The predicted molar refractivity (Wildman–Crippen MR) is 66.5 cm³/mol. The lowest BCUT2D eigenvalue weighted by Gasteiger charge is -2.13. The normalized spacial score (nSPS) is 12.7. The summed E-state index contributed by atoms with van der Waals surface area (Å²) in [7, 11) is 0. The predicted octanol–water partition coefficient (Wildman–Crippen LogP) is 2.46. The monoisotopic (exact) mass is 233 g/mol. The molecule has 0 bridgehead atoms. The first-order chi connectivity index (χ1) is 7.74. The molecule has 0 saturated heterocycles. The molecule has 0 aliphatic heterocycles. The van der Waals surface area contributed by atoms with Crippen LogP contribution in [0.15, 0.2) is 24.3 Å². The number of rotatable bonds is 3. The van der Waals surface area contributed by atoms with Crippen molar-refractivity contribution >= 4 is 11.5 Å². The highest BCUT2D eigenvalue weighted by atomic mass is 32.1. The summed E-state index contributed by atoms with van der Waals surface area (Å²) < 4.78 is 3.98. The largest absolute Gasteiger partial charge is 0.319 e. The summed E-state index contributed by atoms with van der Waals surface area (Å²) in [6.07, 6.45) is 0.880. The lowest BCUT2D eigenvalue weighted by Crippen LogP contribution is -2.13. The molecule has 1 unspecified atom stereocenters. The van der Waals surface area contributed by atoms with E-state index in [1.807, 2.05) is 12.1 Å². The van der Waals surface area contributed by atoms with Gasteiger partial charge in [0.15, 0.2) is 0 Å². The van der Waals surface area contributed by atoms with Gasteiger partial charge in [-0.15, -0.1) is 5.10 Å². The Balaban J connectivity index is 2.39. The highest BCUT2D eigenvalue weighted by Gasteiger charge is 2.17. The van der Waals surface area contributed by atoms with Gasteiger partial charge in [0.2, 0.25) is 0 Å². The fourth-order valence-electron chi connectivity index (χ4n) is 1.77.